The van der Waals surface area contributed by atoms with E-state index in [-0.39, 0.29) is 6.04 Å². The molecule has 3 rings (SSSR count). The fourth-order valence-electron chi connectivity index (χ4n) is 4.47. The lowest BCUT2D eigenvalue weighted by molar-refractivity contribution is 0.153. The Bertz CT molecular complexity index is 759. The van der Waals surface area contributed by atoms with Crippen LogP contribution >= 0.6 is 0 Å². The van der Waals surface area contributed by atoms with Crippen molar-refractivity contribution in [2.75, 3.05) is 0 Å². The van der Waals surface area contributed by atoms with Gasteiger partial charge in [0.25, 0.3) is 0 Å². The van der Waals surface area contributed by atoms with Gasteiger partial charge in [0, 0.05) is 6.20 Å². The summed E-state index contributed by atoms with van der Waals surface area (Å²) >= 11 is 0. The van der Waals surface area contributed by atoms with Crippen LogP contribution in [0.5, 0.6) is 0 Å². The number of hydrogen-bond acceptors (Lipinski definition) is 1. The molecule has 2 aliphatic rings. The molecule has 0 aromatic heterocycles. The SMILES string of the molecule is CCCCCC(CC)C1=C(C2c3ccccc3C=CN2C(=O)O)C=CCC1. The Morgan fingerprint density at radius 3 is 2.78 bits per heavy atom. The number of allylic oxidation sites excluding steroid dienone is 2. The van der Waals surface area contributed by atoms with Crippen LogP contribution in [0.1, 0.15) is 76.0 Å². The largest absolute Gasteiger partial charge is 0.465 e. The summed E-state index contributed by atoms with van der Waals surface area (Å²) in [5.41, 5.74) is 4.87. The van der Waals surface area contributed by atoms with Crippen LogP contribution in [0, 0.1) is 5.92 Å². The Morgan fingerprint density at radius 1 is 1.22 bits per heavy atom. The molecule has 0 radical (unpaired) electrons. The maximum atomic E-state index is 12.0. The van der Waals surface area contributed by atoms with Gasteiger partial charge in [0.1, 0.15) is 0 Å². The third kappa shape index (κ3) is 4.18. The Kier molecular flexibility index (Phi) is 6.54. The predicted octanol–water partition coefficient (Wildman–Crippen LogP) is 6.95. The summed E-state index contributed by atoms with van der Waals surface area (Å²) in [6.45, 7) is 4.51. The van der Waals surface area contributed by atoms with Crippen molar-refractivity contribution in [3.05, 3.63) is 64.9 Å². The van der Waals surface area contributed by atoms with E-state index in [4.69, 9.17) is 0 Å². The van der Waals surface area contributed by atoms with Gasteiger partial charge >= 0.3 is 6.09 Å². The first-order valence-electron chi connectivity index (χ1n) is 10.3. The molecule has 3 heteroatoms. The lowest BCUT2D eigenvalue weighted by Gasteiger charge is -2.36. The minimum atomic E-state index is -0.893. The van der Waals surface area contributed by atoms with E-state index in [1.54, 1.807) is 6.20 Å². The van der Waals surface area contributed by atoms with E-state index >= 15 is 0 Å². The number of hydrogen-bond donors (Lipinski definition) is 1. The Labute approximate surface area is 163 Å². The third-order valence-corrected chi connectivity index (χ3v) is 5.89. The Balaban J connectivity index is 2.05. The van der Waals surface area contributed by atoms with Crippen LogP contribution in [0.4, 0.5) is 4.79 Å². The first-order chi connectivity index (χ1) is 13.2. The molecule has 0 fully saturated rings. The lowest BCUT2D eigenvalue weighted by atomic mass is 9.78. The van der Waals surface area contributed by atoms with Crippen LogP contribution in [0.15, 0.2) is 53.8 Å². The molecule has 1 N–H and O–H groups in total. The van der Waals surface area contributed by atoms with Crippen molar-refractivity contribution >= 4 is 12.2 Å². The number of fused-ring (bicyclic) bond motifs is 1. The van der Waals surface area contributed by atoms with E-state index in [0.29, 0.717) is 5.92 Å². The summed E-state index contributed by atoms with van der Waals surface area (Å²) in [5.74, 6) is 0.546. The van der Waals surface area contributed by atoms with Gasteiger partial charge in [-0.15, -0.1) is 0 Å². The standard InChI is InChI=1S/C24H31NO2/c1-3-5-6-11-18(4-2)20-13-9-10-15-22(20)23-21-14-8-7-12-19(21)16-17-25(23)24(26)27/h7-8,10,12,14-18,23H,3-6,9,11,13H2,1-2H3,(H,26,27). The molecular weight excluding hydrogens is 334 g/mol. The molecule has 2 atom stereocenters. The molecular formula is C24H31NO2. The monoisotopic (exact) mass is 365 g/mol. The van der Waals surface area contributed by atoms with E-state index in [0.717, 1.165) is 30.4 Å². The van der Waals surface area contributed by atoms with E-state index < -0.39 is 6.09 Å². The number of carbonyl (C=O) groups is 1. The minimum absolute atomic E-state index is 0.240. The highest BCUT2D eigenvalue weighted by molar-refractivity contribution is 5.73. The molecule has 144 valence electrons. The second-order valence-electron chi connectivity index (χ2n) is 7.56. The quantitative estimate of drug-likeness (QED) is 0.531. The Morgan fingerprint density at radius 2 is 2.04 bits per heavy atom. The van der Waals surface area contributed by atoms with Gasteiger partial charge in [0.2, 0.25) is 0 Å². The van der Waals surface area contributed by atoms with Crippen LogP contribution in [0.2, 0.25) is 0 Å². The molecule has 0 saturated carbocycles. The van der Waals surface area contributed by atoms with Gasteiger partial charge in [-0.3, -0.25) is 4.90 Å². The van der Waals surface area contributed by atoms with Crippen LogP contribution in [0.3, 0.4) is 0 Å². The Hall–Kier alpha value is -2.29. The second kappa shape index (κ2) is 9.07. The third-order valence-electron chi connectivity index (χ3n) is 5.89. The maximum Gasteiger partial charge on any atom is 0.412 e. The molecule has 1 aromatic carbocycles. The van der Waals surface area contributed by atoms with Crippen LogP contribution in [-0.4, -0.2) is 16.1 Å². The molecule has 1 aromatic rings. The second-order valence-corrected chi connectivity index (χ2v) is 7.56. The number of nitrogens with zero attached hydrogens (tertiary/aromatic N) is 1. The number of amides is 1. The molecule has 1 aliphatic carbocycles. The molecule has 1 aliphatic heterocycles. The van der Waals surface area contributed by atoms with Crippen molar-refractivity contribution in [3.8, 4) is 0 Å². The molecule has 1 heterocycles. The maximum absolute atomic E-state index is 12.0. The molecule has 27 heavy (non-hydrogen) atoms. The van der Waals surface area contributed by atoms with Crippen molar-refractivity contribution in [2.45, 2.75) is 64.8 Å². The van der Waals surface area contributed by atoms with E-state index in [1.807, 2.05) is 18.2 Å². The van der Waals surface area contributed by atoms with E-state index in [2.05, 4.69) is 38.1 Å². The van der Waals surface area contributed by atoms with Crippen molar-refractivity contribution in [2.24, 2.45) is 5.92 Å². The normalized spacial score (nSPS) is 19.9. The highest BCUT2D eigenvalue weighted by Crippen LogP contribution is 2.42. The van der Waals surface area contributed by atoms with Crippen LogP contribution in [-0.2, 0) is 0 Å². The van der Waals surface area contributed by atoms with Gasteiger partial charge in [0.15, 0.2) is 0 Å². The zero-order chi connectivity index (χ0) is 19.2. The van der Waals surface area contributed by atoms with Crippen molar-refractivity contribution in [1.82, 2.24) is 4.90 Å². The molecule has 0 spiro atoms. The molecule has 1 amide bonds. The zero-order valence-corrected chi connectivity index (χ0v) is 16.5. The average molecular weight is 366 g/mol. The molecule has 3 nitrogen and oxygen atoms in total. The summed E-state index contributed by atoms with van der Waals surface area (Å²) in [6.07, 6.45) is 15.3. The average Bonchev–Trinajstić information content (AvgIpc) is 2.70. The van der Waals surface area contributed by atoms with Gasteiger partial charge in [-0.2, -0.15) is 0 Å². The van der Waals surface area contributed by atoms with E-state index in [1.165, 1.54) is 41.7 Å². The first kappa shape index (κ1) is 19.5. The van der Waals surface area contributed by atoms with Gasteiger partial charge in [-0.1, -0.05) is 75.1 Å². The van der Waals surface area contributed by atoms with Gasteiger partial charge in [0.05, 0.1) is 6.04 Å². The topological polar surface area (TPSA) is 40.5 Å². The van der Waals surface area contributed by atoms with Crippen molar-refractivity contribution in [1.29, 1.82) is 0 Å². The molecule has 0 bridgehead atoms. The van der Waals surface area contributed by atoms with Crippen molar-refractivity contribution in [3.63, 3.8) is 0 Å². The zero-order valence-electron chi connectivity index (χ0n) is 16.5. The number of unbranched alkanes of at least 4 members (excludes halogenated alkanes) is 2. The smallest absolute Gasteiger partial charge is 0.412 e. The number of benzene rings is 1. The predicted molar refractivity (Wildman–Crippen MR) is 111 cm³/mol. The van der Waals surface area contributed by atoms with Gasteiger partial charge in [-0.25, -0.2) is 4.79 Å². The number of rotatable bonds is 7. The van der Waals surface area contributed by atoms with Crippen LogP contribution in [0.25, 0.3) is 6.08 Å². The highest BCUT2D eigenvalue weighted by Gasteiger charge is 2.33. The fourth-order valence-corrected chi connectivity index (χ4v) is 4.47. The summed E-state index contributed by atoms with van der Waals surface area (Å²) in [6, 6.07) is 7.93. The fraction of sp³-hybridized carbons (Fsp3) is 0.458. The van der Waals surface area contributed by atoms with E-state index in [9.17, 15) is 9.90 Å². The molecule has 2 unspecified atom stereocenters. The first-order valence-corrected chi connectivity index (χ1v) is 10.3. The lowest BCUT2D eigenvalue weighted by Crippen LogP contribution is -2.33. The molecule has 0 saturated heterocycles. The summed E-state index contributed by atoms with van der Waals surface area (Å²) < 4.78 is 0. The van der Waals surface area contributed by atoms with Gasteiger partial charge < -0.3 is 5.11 Å². The highest BCUT2D eigenvalue weighted by atomic mass is 16.4. The number of carboxylic acid groups (broad SMARTS) is 1. The summed E-state index contributed by atoms with van der Waals surface area (Å²) in [5, 5.41) is 9.85. The van der Waals surface area contributed by atoms with Crippen molar-refractivity contribution < 1.29 is 9.90 Å². The summed E-state index contributed by atoms with van der Waals surface area (Å²) in [4.78, 5) is 13.5. The minimum Gasteiger partial charge on any atom is -0.465 e. The summed E-state index contributed by atoms with van der Waals surface area (Å²) in [7, 11) is 0. The van der Waals surface area contributed by atoms with Gasteiger partial charge in [-0.05, 0) is 54.4 Å². The van der Waals surface area contributed by atoms with Crippen LogP contribution < -0.4 is 0 Å².